The van der Waals surface area contributed by atoms with Gasteiger partial charge in [0.1, 0.15) is 0 Å². The van der Waals surface area contributed by atoms with E-state index in [2.05, 4.69) is 26.0 Å². The number of benzene rings is 1. The Morgan fingerprint density at radius 2 is 2.29 bits per heavy atom. The molecule has 1 heterocycles. The molecule has 2 N–H and O–H groups in total. The van der Waals surface area contributed by atoms with E-state index in [1.165, 1.54) is 11.8 Å². The van der Waals surface area contributed by atoms with Crippen molar-refractivity contribution >= 4 is 21.9 Å². The van der Waals surface area contributed by atoms with Crippen LogP contribution in [0, 0.1) is 5.82 Å². The lowest BCUT2D eigenvalue weighted by atomic mass is 10.2. The van der Waals surface area contributed by atoms with Crippen molar-refractivity contribution in [3.05, 3.63) is 34.3 Å². The monoisotopic (exact) mass is 300 g/mol. The number of nitrogen functional groups attached to an aromatic ring is 1. The van der Waals surface area contributed by atoms with Crippen LogP contribution >= 0.6 is 15.9 Å². The van der Waals surface area contributed by atoms with Gasteiger partial charge < -0.3 is 10.5 Å². The Labute approximate surface area is 106 Å². The van der Waals surface area contributed by atoms with E-state index >= 15 is 0 Å². The van der Waals surface area contributed by atoms with Crippen LogP contribution in [0.2, 0.25) is 0 Å². The van der Waals surface area contributed by atoms with Gasteiger partial charge in [-0.05, 0) is 22.0 Å². The molecule has 1 aromatic heterocycles. The molecule has 0 aliphatic rings. The number of anilines is 1. The molecule has 2 aromatic rings. The highest BCUT2D eigenvalue weighted by atomic mass is 79.9. The summed E-state index contributed by atoms with van der Waals surface area (Å²) in [4.78, 5) is 3.87. The van der Waals surface area contributed by atoms with Gasteiger partial charge in [0.25, 0.3) is 0 Å². The maximum Gasteiger partial charge on any atom is 0.240 e. The Morgan fingerprint density at radius 3 is 2.88 bits per heavy atom. The van der Waals surface area contributed by atoms with Gasteiger partial charge in [-0.2, -0.15) is 4.98 Å². The van der Waals surface area contributed by atoms with Gasteiger partial charge in [-0.15, -0.1) is 5.10 Å². The number of nitrogens with zero attached hydrogens (tertiary/aromatic N) is 3. The van der Waals surface area contributed by atoms with Crippen LogP contribution in [0.4, 0.5) is 10.3 Å². The molecule has 0 saturated carbocycles. The van der Waals surface area contributed by atoms with E-state index in [0.717, 1.165) is 0 Å². The Hall–Kier alpha value is -1.63. The zero-order valence-corrected chi connectivity index (χ0v) is 10.6. The standard InChI is InChI=1S/C10H10BrFN4O/c1-17-7-4-2-3-6(8(7)12)5-16-9(11)14-10(13)15-16/h2-4H,5H2,1H3,(H2,13,15). The number of hydrogen-bond acceptors (Lipinski definition) is 4. The number of nitrogens with two attached hydrogens (primary N) is 1. The van der Waals surface area contributed by atoms with Crippen molar-refractivity contribution in [2.24, 2.45) is 0 Å². The quantitative estimate of drug-likeness (QED) is 0.939. The molecule has 0 radical (unpaired) electrons. The summed E-state index contributed by atoms with van der Waals surface area (Å²) in [6.07, 6.45) is 0. The third-order valence-electron chi connectivity index (χ3n) is 2.23. The first-order chi connectivity index (χ1) is 8.11. The summed E-state index contributed by atoms with van der Waals surface area (Å²) in [5.74, 6) is -0.0668. The minimum absolute atomic E-state index is 0.139. The number of hydrogen-bond donors (Lipinski definition) is 1. The van der Waals surface area contributed by atoms with Crippen LogP contribution in [-0.2, 0) is 6.54 Å². The van der Waals surface area contributed by atoms with Crippen LogP contribution in [0.3, 0.4) is 0 Å². The molecule has 0 amide bonds. The second-order valence-electron chi connectivity index (χ2n) is 3.33. The van der Waals surface area contributed by atoms with Gasteiger partial charge in [0, 0.05) is 5.56 Å². The van der Waals surface area contributed by atoms with Crippen molar-refractivity contribution in [2.45, 2.75) is 6.54 Å². The predicted molar refractivity (Wildman–Crippen MR) is 64.2 cm³/mol. The molecule has 5 nitrogen and oxygen atoms in total. The minimum atomic E-state index is -0.407. The molecule has 90 valence electrons. The highest BCUT2D eigenvalue weighted by Gasteiger charge is 2.11. The molecule has 2 rings (SSSR count). The lowest BCUT2D eigenvalue weighted by Crippen LogP contribution is -2.05. The van der Waals surface area contributed by atoms with Crippen molar-refractivity contribution in [2.75, 3.05) is 12.8 Å². The van der Waals surface area contributed by atoms with Gasteiger partial charge in [-0.3, -0.25) is 0 Å². The smallest absolute Gasteiger partial charge is 0.240 e. The fourth-order valence-corrected chi connectivity index (χ4v) is 1.82. The van der Waals surface area contributed by atoms with E-state index in [1.807, 2.05) is 0 Å². The van der Waals surface area contributed by atoms with E-state index < -0.39 is 5.82 Å². The third kappa shape index (κ3) is 2.38. The zero-order valence-electron chi connectivity index (χ0n) is 9.02. The molecule has 0 spiro atoms. The Kier molecular flexibility index (Phi) is 3.28. The number of halogens is 2. The molecular formula is C10H10BrFN4O. The first kappa shape index (κ1) is 11.8. The van der Waals surface area contributed by atoms with Gasteiger partial charge in [0.2, 0.25) is 5.95 Å². The lowest BCUT2D eigenvalue weighted by Gasteiger charge is -2.07. The summed E-state index contributed by atoms with van der Waals surface area (Å²) in [7, 11) is 1.42. The number of ether oxygens (including phenoxy) is 1. The average Bonchev–Trinajstić information content (AvgIpc) is 2.60. The summed E-state index contributed by atoms with van der Waals surface area (Å²) in [5, 5.41) is 3.93. The number of rotatable bonds is 3. The highest BCUT2D eigenvalue weighted by Crippen LogP contribution is 2.21. The summed E-state index contributed by atoms with van der Waals surface area (Å²) >= 11 is 3.19. The molecule has 0 bridgehead atoms. The fourth-order valence-electron chi connectivity index (χ4n) is 1.44. The summed E-state index contributed by atoms with van der Waals surface area (Å²) < 4.78 is 20.7. The minimum Gasteiger partial charge on any atom is -0.494 e. The molecule has 0 unspecified atom stereocenters. The number of methoxy groups -OCH3 is 1. The molecular weight excluding hydrogens is 291 g/mol. The van der Waals surface area contributed by atoms with Crippen LogP contribution in [0.15, 0.2) is 22.9 Å². The maximum absolute atomic E-state index is 13.9. The fraction of sp³-hybridized carbons (Fsp3) is 0.200. The molecule has 0 aliphatic heterocycles. The van der Waals surface area contributed by atoms with Crippen LogP contribution in [-0.4, -0.2) is 21.9 Å². The van der Waals surface area contributed by atoms with E-state index in [0.29, 0.717) is 10.3 Å². The summed E-state index contributed by atoms with van der Waals surface area (Å²) in [6, 6.07) is 4.93. The zero-order chi connectivity index (χ0) is 12.4. The van der Waals surface area contributed by atoms with Gasteiger partial charge in [-0.25, -0.2) is 9.07 Å². The summed E-state index contributed by atoms with van der Waals surface area (Å²) in [6.45, 7) is 0.230. The molecule has 0 saturated heterocycles. The van der Waals surface area contributed by atoms with Crippen LogP contribution in [0.5, 0.6) is 5.75 Å². The normalized spacial score (nSPS) is 10.5. The van der Waals surface area contributed by atoms with Gasteiger partial charge >= 0.3 is 0 Å². The number of aromatic nitrogens is 3. The predicted octanol–water partition coefficient (Wildman–Crippen LogP) is 1.82. The molecule has 0 aliphatic carbocycles. The summed E-state index contributed by atoms with van der Waals surface area (Å²) in [5.41, 5.74) is 5.89. The van der Waals surface area contributed by atoms with Gasteiger partial charge in [0.15, 0.2) is 16.3 Å². The topological polar surface area (TPSA) is 66.0 Å². The lowest BCUT2D eigenvalue weighted by molar-refractivity contribution is 0.383. The molecule has 17 heavy (non-hydrogen) atoms. The van der Waals surface area contributed by atoms with E-state index in [9.17, 15) is 4.39 Å². The van der Waals surface area contributed by atoms with Crippen molar-refractivity contribution < 1.29 is 9.13 Å². The van der Waals surface area contributed by atoms with Crippen LogP contribution in [0.1, 0.15) is 5.56 Å². The molecule has 0 atom stereocenters. The first-order valence-electron chi connectivity index (χ1n) is 4.79. The highest BCUT2D eigenvalue weighted by molar-refractivity contribution is 9.10. The third-order valence-corrected chi connectivity index (χ3v) is 2.81. The SMILES string of the molecule is COc1cccc(Cn2nc(N)nc2Br)c1F. The van der Waals surface area contributed by atoms with Gasteiger partial charge in [0.05, 0.1) is 13.7 Å². The van der Waals surface area contributed by atoms with Gasteiger partial charge in [-0.1, -0.05) is 12.1 Å². The second-order valence-corrected chi connectivity index (χ2v) is 4.04. The van der Waals surface area contributed by atoms with E-state index in [4.69, 9.17) is 10.5 Å². The Bertz CT molecular complexity index is 543. The largest absolute Gasteiger partial charge is 0.494 e. The van der Waals surface area contributed by atoms with E-state index in [-0.39, 0.29) is 18.2 Å². The average molecular weight is 301 g/mol. The molecule has 1 aromatic carbocycles. The van der Waals surface area contributed by atoms with Crippen molar-refractivity contribution in [1.29, 1.82) is 0 Å². The van der Waals surface area contributed by atoms with Crippen molar-refractivity contribution in [1.82, 2.24) is 14.8 Å². The second kappa shape index (κ2) is 4.70. The maximum atomic E-state index is 13.9. The Balaban J connectivity index is 2.33. The van der Waals surface area contributed by atoms with Crippen LogP contribution in [0.25, 0.3) is 0 Å². The Morgan fingerprint density at radius 1 is 1.53 bits per heavy atom. The van der Waals surface area contributed by atoms with Crippen molar-refractivity contribution in [3.8, 4) is 5.75 Å². The molecule has 7 heteroatoms. The van der Waals surface area contributed by atoms with Crippen molar-refractivity contribution in [3.63, 3.8) is 0 Å². The molecule has 0 fully saturated rings. The van der Waals surface area contributed by atoms with E-state index in [1.54, 1.807) is 18.2 Å². The van der Waals surface area contributed by atoms with Crippen LogP contribution < -0.4 is 10.5 Å². The first-order valence-corrected chi connectivity index (χ1v) is 5.58.